The molecule has 24 atom stereocenters. The van der Waals surface area contributed by atoms with Crippen LogP contribution in [0.1, 0.15) is 139 Å². The normalized spacial score (nSPS) is 40.9. The first-order valence-corrected chi connectivity index (χ1v) is 43.3. The van der Waals surface area contributed by atoms with Gasteiger partial charge in [-0.2, -0.15) is 0 Å². The Morgan fingerprint density at radius 2 is 0.909 bits per heavy atom. The van der Waals surface area contributed by atoms with E-state index in [0.29, 0.717) is 38.5 Å². The van der Waals surface area contributed by atoms with Crippen molar-refractivity contribution in [2.75, 3.05) is 17.3 Å². The maximum Gasteiger partial charge on any atom is 0.178 e. The number of ketones is 6. The van der Waals surface area contributed by atoms with E-state index in [0.717, 1.165) is 102 Å². The van der Waals surface area contributed by atoms with Crippen LogP contribution in [0.5, 0.6) is 0 Å². The van der Waals surface area contributed by atoms with Crippen LogP contribution in [0, 0.1) is 104 Å². The molecule has 6 N–H and O–H groups in total. The smallest absolute Gasteiger partial charge is 0.178 e. The van der Waals surface area contributed by atoms with E-state index in [9.17, 15) is 59.4 Å². The number of hydrogen-bond acceptors (Lipinski definition) is 21. The monoisotopic (exact) mass is 1560 g/mol. The van der Waals surface area contributed by atoms with Gasteiger partial charge in [-0.1, -0.05) is 169 Å². The quantitative estimate of drug-likeness (QED) is 0.0490. The number of carbonyl (C=O) groups is 6. The van der Waals surface area contributed by atoms with Gasteiger partial charge >= 0.3 is 0 Å². The number of aliphatic hydroxyl groups is 6. The molecule has 18 rings (SSSR count). The average Bonchev–Trinajstić information content (AvgIpc) is 1.25. The molecule has 4 heterocycles. The first kappa shape index (κ1) is 77.4. The van der Waals surface area contributed by atoms with Crippen LogP contribution in [-0.4, -0.2) is 143 Å². The summed E-state index contributed by atoms with van der Waals surface area (Å²) in [5.74, 6) is 1.50. The van der Waals surface area contributed by atoms with Crippen molar-refractivity contribution < 1.29 is 59.4 Å². The second-order valence-corrected chi connectivity index (χ2v) is 40.1. The fourth-order valence-electron chi connectivity index (χ4n) is 25.5. The van der Waals surface area contributed by atoms with Gasteiger partial charge in [0.05, 0.1) is 46.6 Å². The third kappa shape index (κ3) is 12.1. The number of thioether (sulfide) groups is 3. The van der Waals surface area contributed by atoms with Gasteiger partial charge in [-0.25, -0.2) is 19.9 Å². The van der Waals surface area contributed by atoms with Crippen LogP contribution in [-0.2, 0) is 28.8 Å². The summed E-state index contributed by atoms with van der Waals surface area (Å²) in [5.41, 5.74) is -1.78. The third-order valence-corrected chi connectivity index (χ3v) is 34.7. The van der Waals surface area contributed by atoms with Crippen molar-refractivity contribution in [3.8, 4) is 0 Å². The minimum Gasteiger partial charge on any atom is -0.393 e. The number of carbonyl (C=O) groups excluding carboxylic acids is 6. The van der Waals surface area contributed by atoms with Crippen molar-refractivity contribution in [3.05, 3.63) is 157 Å². The lowest BCUT2D eigenvalue weighted by Crippen LogP contribution is -2.62. The maximum absolute atomic E-state index is 13.8. The molecule has 17 nitrogen and oxygen atoms in total. The predicted molar refractivity (Wildman–Crippen MR) is 428 cm³/mol. The van der Waals surface area contributed by atoms with Crippen molar-refractivity contribution >= 4 is 113 Å². The SMILES string of the molecule is C[C@H]1CC2C([C@@H](O)CC3(C)C2CC[C@]3(O)C(=O)CSc2cccc3cccnc23)C2(C)C=CC(=O)C=C12.C[C@H]1CC2C([C@@H](O)CC3(C)C2CC[C@]3(O)C(=O)CSc2nc3cccnc3s2)C2(C)C=CC(=O)C=C12.C[C@H]1CC2C([C@@H](O)CC3(C)C2CC[C@]3(O)C(=O)CSc2ncnc3ccccc23)C2(C)C=CC(=O)C=C12. The van der Waals surface area contributed by atoms with E-state index in [-0.39, 0.29) is 139 Å². The Morgan fingerprint density at radius 1 is 0.491 bits per heavy atom. The number of aromatic nitrogens is 5. The van der Waals surface area contributed by atoms with Gasteiger partial charge in [0.1, 0.15) is 38.5 Å². The lowest BCUT2D eigenvalue weighted by atomic mass is 9.45. The molecule has 12 aliphatic rings. The molecule has 6 aromatic rings. The van der Waals surface area contributed by atoms with E-state index in [1.807, 2.05) is 106 Å². The van der Waals surface area contributed by atoms with E-state index in [2.05, 4.69) is 66.5 Å². The Morgan fingerprint density at radius 3 is 1.38 bits per heavy atom. The molecule has 12 aliphatic carbocycles. The van der Waals surface area contributed by atoms with E-state index in [1.54, 1.807) is 48.8 Å². The summed E-state index contributed by atoms with van der Waals surface area (Å²) >= 11 is 5.61. The number of hydrogen-bond donors (Lipinski definition) is 6. The zero-order chi connectivity index (χ0) is 77.8. The van der Waals surface area contributed by atoms with Crippen molar-refractivity contribution in [1.82, 2.24) is 24.9 Å². The summed E-state index contributed by atoms with van der Waals surface area (Å²) < 4.78 is 0.774. The highest BCUT2D eigenvalue weighted by Gasteiger charge is 2.72. The maximum atomic E-state index is 13.8. The van der Waals surface area contributed by atoms with Gasteiger partial charge in [-0.3, -0.25) is 33.8 Å². The fourth-order valence-corrected chi connectivity index (χ4v) is 29.4. The molecular weight excluding hydrogens is 1460 g/mol. The topological polar surface area (TPSA) is 288 Å². The first-order chi connectivity index (χ1) is 52.2. The summed E-state index contributed by atoms with van der Waals surface area (Å²) in [7, 11) is 0. The molecule has 4 aromatic heterocycles. The highest BCUT2D eigenvalue weighted by atomic mass is 32.2. The Hall–Kier alpha value is -6.50. The molecule has 2 aromatic carbocycles. The minimum atomic E-state index is -1.49. The van der Waals surface area contributed by atoms with Crippen LogP contribution in [0.2, 0.25) is 0 Å². The number of para-hydroxylation sites is 2. The number of benzene rings is 2. The van der Waals surface area contributed by atoms with Crippen LogP contribution >= 0.6 is 46.6 Å². The number of allylic oxidation sites excluding steroid dienone is 12. The van der Waals surface area contributed by atoms with E-state index in [4.69, 9.17) is 0 Å². The zero-order valence-corrected chi connectivity index (χ0v) is 67.3. The molecule has 9 fully saturated rings. The summed E-state index contributed by atoms with van der Waals surface area (Å²) in [4.78, 5) is 101. The van der Waals surface area contributed by atoms with Crippen LogP contribution in [0.15, 0.2) is 171 Å². The molecule has 0 amide bonds. The number of pyridine rings is 2. The summed E-state index contributed by atoms with van der Waals surface area (Å²) in [6.45, 7) is 19.0. The standard InChI is InChI=1S/C31H35NO4S.C30H34N2O4S.C28H32N2O4S2/c1-18-14-21-22-10-12-31(36,26(35)17-37-25-8-4-6-19-7-5-13-32-28(19)25)30(22,3)16-24(34)27(21)29(2)11-9-20(33)15-23(18)29;1-17-12-20-21-9-11-30(36,25(35)15-37-27-19-6-4-5-7-23(19)31-16-32-27)29(21,3)14-24(34)26(20)28(2)10-8-18(33)13-22(17)28;1-15-11-17-18-7-9-28(34,22(33)14-35-25-30-20-5-4-10-29-24(20)36-25)27(18,3)13-21(32)23(17)26(2)8-6-16(31)12-19(15)26/h4-9,11,13,15,18,21-22,24,27,34,36H,10,12,14,16-17H2,1-3H3;4-8,10,13,16-17,20-21,24,26,34,36H,9,11-12,14-15H2,1-3H3;4-6,8,10,12,15,17-18,21,23,32,34H,7,9,11,13-14H2,1-3H3/t18-,21?,22?,24-,27?,29?,30?,31-;17-,20?,21?,24-,26?,28?,29?,30-;15-,17?,18?,21-,23?,26?,27?,28-/m000/s1. The number of rotatable bonds is 12. The van der Waals surface area contributed by atoms with E-state index in [1.165, 1.54) is 52.9 Å². The second kappa shape index (κ2) is 28.2. The van der Waals surface area contributed by atoms with Gasteiger partial charge in [0, 0.05) is 78.3 Å². The van der Waals surface area contributed by atoms with Gasteiger partial charge < -0.3 is 30.6 Å². The molecule has 578 valence electrons. The van der Waals surface area contributed by atoms with Crippen LogP contribution < -0.4 is 0 Å². The predicted octanol–water partition coefficient (Wildman–Crippen LogP) is 14.3. The molecule has 15 unspecified atom stereocenters. The summed E-state index contributed by atoms with van der Waals surface area (Å²) in [6, 6.07) is 21.3. The van der Waals surface area contributed by atoms with Crippen molar-refractivity contribution in [3.63, 3.8) is 0 Å². The lowest BCUT2D eigenvalue weighted by Gasteiger charge is -2.60. The second-order valence-electron chi connectivity index (χ2n) is 35.9. The van der Waals surface area contributed by atoms with Gasteiger partial charge in [0.25, 0.3) is 0 Å². The highest BCUT2D eigenvalue weighted by molar-refractivity contribution is 8.01. The number of thiazole rings is 1. The van der Waals surface area contributed by atoms with Gasteiger partial charge in [0.15, 0.2) is 39.0 Å². The molecule has 0 saturated heterocycles. The minimum absolute atomic E-state index is 0.0164. The Balaban J connectivity index is 0.000000125. The number of Topliss-reactive ketones (excluding diaryl/α,β-unsaturated/α-hetero) is 3. The molecule has 9 saturated carbocycles. The summed E-state index contributed by atoms with van der Waals surface area (Å²) in [6.07, 6.45) is 26.6. The number of fused-ring (bicyclic) bond motifs is 18. The Labute approximate surface area is 659 Å². The highest BCUT2D eigenvalue weighted by Crippen LogP contribution is 2.72. The largest absolute Gasteiger partial charge is 0.393 e. The molecule has 21 heteroatoms. The van der Waals surface area contributed by atoms with Crippen LogP contribution in [0.25, 0.3) is 32.2 Å². The number of aliphatic hydroxyl groups excluding tert-OH is 3. The molecule has 0 bridgehead atoms. The van der Waals surface area contributed by atoms with Crippen molar-refractivity contribution in [1.29, 1.82) is 0 Å². The van der Waals surface area contributed by atoms with Crippen molar-refractivity contribution in [2.45, 2.75) is 189 Å². The molecule has 0 aliphatic heterocycles. The molecular formula is C89H101N5O12S4. The Bertz CT molecular complexity index is 4750. The van der Waals surface area contributed by atoms with Crippen LogP contribution in [0.4, 0.5) is 0 Å². The van der Waals surface area contributed by atoms with E-state index < -0.39 is 51.4 Å². The lowest BCUT2D eigenvalue weighted by molar-refractivity contribution is -0.176. The zero-order valence-electron chi connectivity index (χ0n) is 64.0. The Kier molecular flexibility index (Phi) is 19.9. The molecule has 110 heavy (non-hydrogen) atoms. The fraction of sp³-hybridized carbons (Fsp3) is 0.539. The van der Waals surface area contributed by atoms with Crippen molar-refractivity contribution in [2.24, 2.45) is 104 Å². The first-order valence-electron chi connectivity index (χ1n) is 39.5. The van der Waals surface area contributed by atoms with Crippen LogP contribution in [0.3, 0.4) is 0 Å². The third-order valence-electron chi connectivity index (χ3n) is 30.6. The number of nitrogens with zero attached hydrogens (tertiary/aromatic N) is 5. The molecule has 0 radical (unpaired) electrons. The molecule has 0 spiro atoms. The van der Waals surface area contributed by atoms with Gasteiger partial charge in [-0.15, -0.1) is 11.8 Å². The average molecular weight is 1560 g/mol. The van der Waals surface area contributed by atoms with Gasteiger partial charge in [0.2, 0.25) is 0 Å². The van der Waals surface area contributed by atoms with E-state index >= 15 is 0 Å². The van der Waals surface area contributed by atoms with Gasteiger partial charge in [-0.05, 0) is 197 Å². The summed E-state index contributed by atoms with van der Waals surface area (Å²) in [5, 5.41) is 73.5.